The molecule has 4 heteroatoms. The maximum Gasteiger partial charge on any atom is 0.175 e. The van der Waals surface area contributed by atoms with E-state index in [1.807, 2.05) is 0 Å². The highest BCUT2D eigenvalue weighted by Crippen LogP contribution is 2.29. The Balaban J connectivity index is 2.29. The van der Waals surface area contributed by atoms with E-state index < -0.39 is 5.82 Å². The maximum absolute atomic E-state index is 13.8. The monoisotopic (exact) mass is 240 g/mol. The zero-order valence-electron chi connectivity index (χ0n) is 9.03. The fourth-order valence-electron chi connectivity index (χ4n) is 1.82. The number of ketones is 1. The van der Waals surface area contributed by atoms with E-state index in [9.17, 15) is 9.18 Å². The van der Waals surface area contributed by atoms with Crippen LogP contribution in [0.3, 0.4) is 0 Å². The van der Waals surface area contributed by atoms with E-state index in [2.05, 4.69) is 0 Å². The van der Waals surface area contributed by atoms with Crippen molar-refractivity contribution in [2.75, 3.05) is 18.6 Å². The molecular formula is C12H13FO2S. The lowest BCUT2D eigenvalue weighted by Crippen LogP contribution is -2.15. The van der Waals surface area contributed by atoms with Crippen molar-refractivity contribution < 1.29 is 13.9 Å². The number of hydrogen-bond acceptors (Lipinski definition) is 3. The van der Waals surface area contributed by atoms with Crippen molar-refractivity contribution in [1.29, 1.82) is 0 Å². The lowest BCUT2D eigenvalue weighted by molar-refractivity contribution is 0.0929. The molecule has 0 aliphatic carbocycles. The van der Waals surface area contributed by atoms with Crippen LogP contribution in [0.1, 0.15) is 16.8 Å². The predicted molar refractivity (Wildman–Crippen MR) is 62.7 cm³/mol. The van der Waals surface area contributed by atoms with Crippen molar-refractivity contribution in [3.8, 4) is 5.75 Å². The maximum atomic E-state index is 13.8. The van der Waals surface area contributed by atoms with E-state index in [-0.39, 0.29) is 23.0 Å². The summed E-state index contributed by atoms with van der Waals surface area (Å²) in [5.74, 6) is 1.26. The number of carbonyl (C=O) groups excluding carboxylic acids is 1. The molecule has 1 aliphatic rings. The predicted octanol–water partition coefficient (Wildman–Crippen LogP) is 2.77. The summed E-state index contributed by atoms with van der Waals surface area (Å²) in [6.45, 7) is 0. The van der Waals surface area contributed by atoms with E-state index in [0.717, 1.165) is 17.9 Å². The van der Waals surface area contributed by atoms with Gasteiger partial charge in [0.15, 0.2) is 17.3 Å². The largest absolute Gasteiger partial charge is 0.494 e. The van der Waals surface area contributed by atoms with Crippen LogP contribution in [0.4, 0.5) is 4.39 Å². The van der Waals surface area contributed by atoms with Gasteiger partial charge in [-0.15, -0.1) is 0 Å². The molecule has 2 nitrogen and oxygen atoms in total. The zero-order valence-corrected chi connectivity index (χ0v) is 9.85. The zero-order chi connectivity index (χ0) is 11.5. The second kappa shape index (κ2) is 4.87. The second-order valence-electron chi connectivity index (χ2n) is 3.75. The molecule has 1 heterocycles. The average Bonchev–Trinajstić information content (AvgIpc) is 2.82. The minimum Gasteiger partial charge on any atom is -0.494 e. The Labute approximate surface area is 98.2 Å². The van der Waals surface area contributed by atoms with Crippen LogP contribution in [0.25, 0.3) is 0 Å². The van der Waals surface area contributed by atoms with Gasteiger partial charge in [0.2, 0.25) is 0 Å². The lowest BCUT2D eigenvalue weighted by atomic mass is 9.96. The van der Waals surface area contributed by atoms with Crippen molar-refractivity contribution >= 4 is 17.5 Å². The van der Waals surface area contributed by atoms with Crippen LogP contribution in [0.15, 0.2) is 18.2 Å². The standard InChI is InChI=1S/C12H13FO2S/c1-15-10-4-2-3-9(11(10)13)12(14)8-5-6-16-7-8/h2-4,8H,5-7H2,1H3. The van der Waals surface area contributed by atoms with Crippen LogP contribution in [-0.4, -0.2) is 24.4 Å². The molecule has 0 N–H and O–H groups in total. The molecule has 1 aromatic carbocycles. The number of Topliss-reactive ketones (excluding diaryl/α,β-unsaturated/α-hetero) is 1. The molecule has 0 radical (unpaired) electrons. The number of halogens is 1. The van der Waals surface area contributed by atoms with Crippen LogP contribution >= 0.6 is 11.8 Å². The number of thioether (sulfide) groups is 1. The summed E-state index contributed by atoms with van der Waals surface area (Å²) in [5, 5.41) is 0. The lowest BCUT2D eigenvalue weighted by Gasteiger charge is -2.10. The van der Waals surface area contributed by atoms with E-state index in [1.165, 1.54) is 19.2 Å². The van der Waals surface area contributed by atoms with Crippen LogP contribution < -0.4 is 4.74 Å². The fraction of sp³-hybridized carbons (Fsp3) is 0.417. The highest BCUT2D eigenvalue weighted by molar-refractivity contribution is 7.99. The summed E-state index contributed by atoms with van der Waals surface area (Å²) >= 11 is 1.75. The van der Waals surface area contributed by atoms with Gasteiger partial charge in [0.1, 0.15) is 0 Å². The smallest absolute Gasteiger partial charge is 0.175 e. The molecule has 0 saturated carbocycles. The molecule has 1 saturated heterocycles. The van der Waals surface area contributed by atoms with Crippen molar-refractivity contribution in [2.24, 2.45) is 5.92 Å². The van der Waals surface area contributed by atoms with E-state index in [4.69, 9.17) is 4.74 Å². The fourth-order valence-corrected chi connectivity index (χ4v) is 3.04. The minimum atomic E-state index is -0.535. The molecule has 1 unspecified atom stereocenters. The second-order valence-corrected chi connectivity index (χ2v) is 4.90. The topological polar surface area (TPSA) is 26.3 Å². The third-order valence-electron chi connectivity index (χ3n) is 2.75. The number of ether oxygens (including phenoxy) is 1. The van der Waals surface area contributed by atoms with Crippen molar-refractivity contribution in [1.82, 2.24) is 0 Å². The molecule has 0 aromatic heterocycles. The summed E-state index contributed by atoms with van der Waals surface area (Å²) in [5.41, 5.74) is 0.159. The van der Waals surface area contributed by atoms with Gasteiger partial charge in [-0.3, -0.25) is 4.79 Å². The molecule has 0 bridgehead atoms. The average molecular weight is 240 g/mol. The Kier molecular flexibility index (Phi) is 3.49. The molecule has 1 aliphatic heterocycles. The van der Waals surface area contributed by atoms with Crippen LogP contribution in [0.5, 0.6) is 5.75 Å². The van der Waals surface area contributed by atoms with E-state index >= 15 is 0 Å². The van der Waals surface area contributed by atoms with Crippen molar-refractivity contribution in [2.45, 2.75) is 6.42 Å². The van der Waals surface area contributed by atoms with Gasteiger partial charge in [0.05, 0.1) is 12.7 Å². The van der Waals surface area contributed by atoms with Gasteiger partial charge in [-0.25, -0.2) is 4.39 Å². The van der Waals surface area contributed by atoms with E-state index in [1.54, 1.807) is 17.8 Å². The van der Waals surface area contributed by atoms with Crippen molar-refractivity contribution in [3.63, 3.8) is 0 Å². The first-order valence-electron chi connectivity index (χ1n) is 5.18. The van der Waals surface area contributed by atoms with Crippen LogP contribution in [0, 0.1) is 11.7 Å². The molecule has 1 aromatic rings. The highest BCUT2D eigenvalue weighted by Gasteiger charge is 2.27. The molecule has 1 atom stereocenters. The Morgan fingerprint density at radius 3 is 3.00 bits per heavy atom. The van der Waals surface area contributed by atoms with Gasteiger partial charge in [0.25, 0.3) is 0 Å². The minimum absolute atomic E-state index is 0.0355. The first-order valence-corrected chi connectivity index (χ1v) is 6.34. The number of hydrogen-bond donors (Lipinski definition) is 0. The molecule has 1 fully saturated rings. The summed E-state index contributed by atoms with van der Waals surface area (Å²) in [6, 6.07) is 4.70. The summed E-state index contributed by atoms with van der Waals surface area (Å²) in [4.78, 5) is 12.0. The normalized spacial score (nSPS) is 19.8. The van der Waals surface area contributed by atoms with Gasteiger partial charge >= 0.3 is 0 Å². The Morgan fingerprint density at radius 1 is 1.56 bits per heavy atom. The number of methoxy groups -OCH3 is 1. The molecule has 2 rings (SSSR count). The Morgan fingerprint density at radius 2 is 2.38 bits per heavy atom. The van der Waals surface area contributed by atoms with E-state index in [0.29, 0.717) is 0 Å². The SMILES string of the molecule is COc1cccc(C(=O)C2CCSC2)c1F. The summed E-state index contributed by atoms with van der Waals surface area (Å²) < 4.78 is 18.7. The Hall–Kier alpha value is -1.03. The molecule has 86 valence electrons. The van der Waals surface area contributed by atoms with Gasteiger partial charge in [-0.1, -0.05) is 6.07 Å². The van der Waals surface area contributed by atoms with Crippen LogP contribution in [0.2, 0.25) is 0 Å². The van der Waals surface area contributed by atoms with Gasteiger partial charge in [-0.05, 0) is 24.3 Å². The summed E-state index contributed by atoms with van der Waals surface area (Å²) in [6.07, 6.45) is 0.847. The first kappa shape index (κ1) is 11.5. The van der Waals surface area contributed by atoms with Crippen LogP contribution in [-0.2, 0) is 0 Å². The molecular weight excluding hydrogens is 227 g/mol. The van der Waals surface area contributed by atoms with Gasteiger partial charge in [0, 0.05) is 11.7 Å². The first-order chi connectivity index (χ1) is 7.74. The molecule has 16 heavy (non-hydrogen) atoms. The quantitative estimate of drug-likeness (QED) is 0.760. The molecule has 0 spiro atoms. The highest BCUT2D eigenvalue weighted by atomic mass is 32.2. The third-order valence-corrected chi connectivity index (χ3v) is 3.91. The number of benzene rings is 1. The van der Waals surface area contributed by atoms with Gasteiger partial charge in [-0.2, -0.15) is 11.8 Å². The number of rotatable bonds is 3. The summed E-state index contributed by atoms with van der Waals surface area (Å²) in [7, 11) is 1.40. The third kappa shape index (κ3) is 2.07. The Bertz CT molecular complexity index is 400. The van der Waals surface area contributed by atoms with Gasteiger partial charge < -0.3 is 4.74 Å². The molecule has 0 amide bonds. The van der Waals surface area contributed by atoms with Crippen molar-refractivity contribution in [3.05, 3.63) is 29.6 Å². The number of carbonyl (C=O) groups is 1.